The lowest BCUT2D eigenvalue weighted by atomic mass is 9.99. The van der Waals surface area contributed by atoms with Crippen molar-refractivity contribution in [2.24, 2.45) is 20.0 Å². The monoisotopic (exact) mass is 460 g/mol. The van der Waals surface area contributed by atoms with E-state index < -0.39 is 0 Å². The summed E-state index contributed by atoms with van der Waals surface area (Å²) in [5, 5.41) is 18.7. The van der Waals surface area contributed by atoms with Crippen LogP contribution >= 0.6 is 0 Å². The highest BCUT2D eigenvalue weighted by molar-refractivity contribution is 5.99. The molecule has 174 valence electrons. The minimum absolute atomic E-state index is 0.0214. The topological polar surface area (TPSA) is 139 Å². The Balaban J connectivity index is 1.49. The van der Waals surface area contributed by atoms with Gasteiger partial charge in [0.25, 0.3) is 5.56 Å². The van der Waals surface area contributed by atoms with Gasteiger partial charge in [-0.15, -0.1) is 0 Å². The molecule has 1 fully saturated rings. The summed E-state index contributed by atoms with van der Waals surface area (Å²) >= 11 is 0. The second-order valence-corrected chi connectivity index (χ2v) is 8.91. The fourth-order valence-electron chi connectivity index (χ4n) is 4.45. The fourth-order valence-corrected chi connectivity index (χ4v) is 4.45. The molecule has 34 heavy (non-hydrogen) atoms. The van der Waals surface area contributed by atoms with E-state index in [0.29, 0.717) is 28.4 Å². The number of anilines is 4. The van der Waals surface area contributed by atoms with Crippen LogP contribution in [0.25, 0.3) is 22.3 Å². The molecule has 2 aliphatic rings. The Kier molecular flexibility index (Phi) is 4.28. The van der Waals surface area contributed by atoms with Gasteiger partial charge in [-0.1, -0.05) is 0 Å². The Hall–Kier alpha value is -4.22. The van der Waals surface area contributed by atoms with Crippen molar-refractivity contribution in [2.45, 2.75) is 25.8 Å². The average molecular weight is 461 g/mol. The molecule has 3 N–H and O–H groups in total. The first kappa shape index (κ1) is 20.4. The van der Waals surface area contributed by atoms with Crippen molar-refractivity contribution in [3.8, 4) is 11.3 Å². The van der Waals surface area contributed by atoms with E-state index in [0.717, 1.165) is 35.5 Å². The Morgan fingerprint density at radius 1 is 1.21 bits per heavy atom. The molecule has 1 amide bonds. The minimum atomic E-state index is -0.229. The SMILES string of the molecule is C[C@H]1c2nn(C)nc2-c2ccnc(Nc3cc(NC(=O)C4CC4)nc4[nH]n(C)c(=O)c34)c2N1C. The van der Waals surface area contributed by atoms with Gasteiger partial charge in [-0.3, -0.25) is 19.4 Å². The zero-order valence-electron chi connectivity index (χ0n) is 19.2. The van der Waals surface area contributed by atoms with E-state index in [1.165, 1.54) is 4.68 Å². The van der Waals surface area contributed by atoms with Gasteiger partial charge in [-0.25, -0.2) is 9.97 Å². The number of carbonyl (C=O) groups excluding carboxylic acids is 1. The molecule has 0 aromatic carbocycles. The smallest absolute Gasteiger partial charge is 0.277 e. The molecular formula is C22H24N10O2. The average Bonchev–Trinajstić information content (AvgIpc) is 3.52. The van der Waals surface area contributed by atoms with Gasteiger partial charge in [0, 0.05) is 44.9 Å². The van der Waals surface area contributed by atoms with Gasteiger partial charge in [0.1, 0.15) is 22.6 Å². The second-order valence-electron chi connectivity index (χ2n) is 8.91. The molecule has 0 saturated heterocycles. The number of aryl methyl sites for hydroxylation is 2. The van der Waals surface area contributed by atoms with Gasteiger partial charge in [0.05, 0.1) is 17.4 Å². The van der Waals surface area contributed by atoms with Crippen LogP contribution in [0, 0.1) is 5.92 Å². The Morgan fingerprint density at radius 3 is 2.76 bits per heavy atom. The highest BCUT2D eigenvalue weighted by Gasteiger charge is 2.33. The Labute approximate surface area is 194 Å². The van der Waals surface area contributed by atoms with Crippen LogP contribution in [0.5, 0.6) is 0 Å². The van der Waals surface area contributed by atoms with E-state index in [9.17, 15) is 9.59 Å². The summed E-state index contributed by atoms with van der Waals surface area (Å²) in [4.78, 5) is 37.9. The third-order valence-electron chi connectivity index (χ3n) is 6.51. The highest BCUT2D eigenvalue weighted by atomic mass is 16.2. The summed E-state index contributed by atoms with van der Waals surface area (Å²) in [5.41, 5.74) is 4.11. The number of aromatic amines is 1. The van der Waals surface area contributed by atoms with Crippen molar-refractivity contribution >= 4 is 40.0 Å². The normalized spacial score (nSPS) is 16.9. The Bertz CT molecular complexity index is 1530. The molecule has 5 heterocycles. The summed E-state index contributed by atoms with van der Waals surface area (Å²) in [7, 11) is 5.41. The molecule has 4 aromatic heterocycles. The molecule has 1 atom stereocenters. The minimum Gasteiger partial charge on any atom is -0.363 e. The standard InChI is InChI=1S/C22H24N10O2/c1-10-16-17(28-32(4)27-16)12-7-8-23-20(18(12)30(10)2)24-13-9-14(26-21(33)11-5-6-11)25-19-15(13)22(34)31(3)29-19/h7-11H,5-6H2,1-4H3,(H3,23,24,25,26,29,33)/t10-/m0/s1. The molecule has 0 bridgehead atoms. The summed E-state index contributed by atoms with van der Waals surface area (Å²) in [6.45, 7) is 2.06. The first-order valence-corrected chi connectivity index (χ1v) is 11.1. The predicted molar refractivity (Wildman–Crippen MR) is 127 cm³/mol. The van der Waals surface area contributed by atoms with Crippen LogP contribution in [0.1, 0.15) is 31.5 Å². The third-order valence-corrected chi connectivity index (χ3v) is 6.51. The van der Waals surface area contributed by atoms with Crippen LogP contribution in [0.4, 0.5) is 23.0 Å². The molecular weight excluding hydrogens is 436 g/mol. The van der Waals surface area contributed by atoms with E-state index in [4.69, 9.17) is 0 Å². The predicted octanol–water partition coefficient (Wildman–Crippen LogP) is 2.05. The van der Waals surface area contributed by atoms with E-state index in [1.54, 1.807) is 31.2 Å². The maximum absolute atomic E-state index is 12.9. The van der Waals surface area contributed by atoms with Crippen LogP contribution in [0.3, 0.4) is 0 Å². The maximum atomic E-state index is 12.9. The molecule has 12 nitrogen and oxygen atoms in total. The van der Waals surface area contributed by atoms with E-state index in [1.807, 2.05) is 13.1 Å². The number of hydrogen-bond donors (Lipinski definition) is 3. The van der Waals surface area contributed by atoms with E-state index >= 15 is 0 Å². The zero-order chi connectivity index (χ0) is 23.7. The van der Waals surface area contributed by atoms with Crippen molar-refractivity contribution in [3.05, 3.63) is 34.4 Å². The summed E-state index contributed by atoms with van der Waals surface area (Å²) in [6.07, 6.45) is 3.47. The summed E-state index contributed by atoms with van der Waals surface area (Å²) in [5.74, 6) is 0.910. The van der Waals surface area contributed by atoms with Crippen molar-refractivity contribution in [3.63, 3.8) is 0 Å². The lowest BCUT2D eigenvalue weighted by Gasteiger charge is -2.33. The number of hydrogen-bond acceptors (Lipinski definition) is 8. The molecule has 0 spiro atoms. The van der Waals surface area contributed by atoms with Gasteiger partial charge in [0.2, 0.25) is 5.91 Å². The largest absolute Gasteiger partial charge is 0.363 e. The van der Waals surface area contributed by atoms with Crippen molar-refractivity contribution < 1.29 is 4.79 Å². The third kappa shape index (κ3) is 3.05. The van der Waals surface area contributed by atoms with Crippen molar-refractivity contribution in [1.82, 2.24) is 34.7 Å². The van der Waals surface area contributed by atoms with Gasteiger partial charge in [-0.05, 0) is 25.8 Å². The number of rotatable bonds is 4. The number of amides is 1. The van der Waals surface area contributed by atoms with Crippen LogP contribution in [0.2, 0.25) is 0 Å². The van der Waals surface area contributed by atoms with Crippen molar-refractivity contribution in [2.75, 3.05) is 22.6 Å². The van der Waals surface area contributed by atoms with Crippen LogP contribution in [-0.2, 0) is 18.9 Å². The number of pyridine rings is 2. The number of aromatic nitrogens is 7. The lowest BCUT2D eigenvalue weighted by molar-refractivity contribution is -0.117. The number of fused-ring (bicyclic) bond motifs is 4. The van der Waals surface area contributed by atoms with Crippen LogP contribution < -0.4 is 21.1 Å². The van der Waals surface area contributed by atoms with E-state index in [-0.39, 0.29) is 23.4 Å². The number of nitrogens with zero attached hydrogens (tertiary/aromatic N) is 7. The number of H-pyrrole nitrogens is 1. The van der Waals surface area contributed by atoms with Gasteiger partial charge >= 0.3 is 0 Å². The van der Waals surface area contributed by atoms with Crippen LogP contribution in [0.15, 0.2) is 23.1 Å². The van der Waals surface area contributed by atoms with Gasteiger partial charge < -0.3 is 15.5 Å². The summed E-state index contributed by atoms with van der Waals surface area (Å²) in [6, 6.07) is 3.57. The molecule has 12 heteroatoms. The number of nitrogens with one attached hydrogen (secondary N) is 3. The quantitative estimate of drug-likeness (QED) is 0.421. The highest BCUT2D eigenvalue weighted by Crippen LogP contribution is 2.45. The molecule has 1 saturated carbocycles. The van der Waals surface area contributed by atoms with Crippen LogP contribution in [-0.4, -0.2) is 47.7 Å². The number of carbonyl (C=O) groups is 1. The maximum Gasteiger partial charge on any atom is 0.277 e. The van der Waals surface area contributed by atoms with Gasteiger partial charge in [-0.2, -0.15) is 15.0 Å². The van der Waals surface area contributed by atoms with Crippen molar-refractivity contribution in [1.29, 1.82) is 0 Å². The Morgan fingerprint density at radius 2 is 2.00 bits per heavy atom. The van der Waals surface area contributed by atoms with E-state index in [2.05, 4.69) is 47.7 Å². The zero-order valence-corrected chi connectivity index (χ0v) is 19.2. The molecule has 1 aliphatic heterocycles. The molecule has 1 aliphatic carbocycles. The fraction of sp³-hybridized carbons (Fsp3) is 0.364. The first-order chi connectivity index (χ1) is 16.3. The molecule has 4 aromatic rings. The first-order valence-electron chi connectivity index (χ1n) is 11.1. The molecule has 6 rings (SSSR count). The van der Waals surface area contributed by atoms with Gasteiger partial charge in [0.15, 0.2) is 11.5 Å². The molecule has 0 unspecified atom stereocenters. The second kappa shape index (κ2) is 7.14. The lowest BCUT2D eigenvalue weighted by Crippen LogP contribution is -2.27. The molecule has 0 radical (unpaired) electrons. The summed E-state index contributed by atoms with van der Waals surface area (Å²) < 4.78 is 1.36.